The Morgan fingerprint density at radius 1 is 1.28 bits per heavy atom. The summed E-state index contributed by atoms with van der Waals surface area (Å²) in [7, 11) is 1.79. The van der Waals surface area contributed by atoms with Gasteiger partial charge in [0.15, 0.2) is 6.10 Å². The molecule has 0 fully saturated rings. The third-order valence-electron chi connectivity index (χ3n) is 3.77. The van der Waals surface area contributed by atoms with E-state index in [-0.39, 0.29) is 6.42 Å². The third-order valence-corrected chi connectivity index (χ3v) is 4.51. The van der Waals surface area contributed by atoms with Crippen molar-refractivity contribution in [1.82, 2.24) is 9.78 Å². The summed E-state index contributed by atoms with van der Waals surface area (Å²) < 4.78 is 6.86. The maximum atomic E-state index is 12.2. The molecule has 25 heavy (non-hydrogen) atoms. The van der Waals surface area contributed by atoms with Gasteiger partial charge in [-0.3, -0.25) is 14.3 Å². The first kappa shape index (κ1) is 19.3. The van der Waals surface area contributed by atoms with Crippen LogP contribution in [0.4, 0.5) is 5.69 Å². The van der Waals surface area contributed by atoms with E-state index in [1.807, 2.05) is 6.92 Å². The predicted octanol–water partition coefficient (Wildman–Crippen LogP) is 3.46. The number of aromatic nitrogens is 2. The number of anilines is 1. The smallest absolute Gasteiger partial charge is 0.311 e. The maximum absolute atomic E-state index is 12.2. The van der Waals surface area contributed by atoms with Crippen LogP contribution in [0.5, 0.6) is 0 Å². The van der Waals surface area contributed by atoms with Gasteiger partial charge in [0.25, 0.3) is 5.91 Å². The topological polar surface area (TPSA) is 73.2 Å². The van der Waals surface area contributed by atoms with Crippen molar-refractivity contribution in [3.05, 3.63) is 45.2 Å². The van der Waals surface area contributed by atoms with Crippen LogP contribution in [0.2, 0.25) is 10.0 Å². The Morgan fingerprint density at radius 2 is 1.96 bits per heavy atom. The fourth-order valence-electron chi connectivity index (χ4n) is 2.29. The van der Waals surface area contributed by atoms with E-state index in [4.69, 9.17) is 27.9 Å². The van der Waals surface area contributed by atoms with Crippen molar-refractivity contribution in [1.29, 1.82) is 0 Å². The van der Waals surface area contributed by atoms with Crippen molar-refractivity contribution < 1.29 is 14.3 Å². The van der Waals surface area contributed by atoms with Crippen molar-refractivity contribution in [2.75, 3.05) is 5.32 Å². The van der Waals surface area contributed by atoms with Gasteiger partial charge in [0.05, 0.1) is 33.5 Å². The molecule has 0 spiro atoms. The van der Waals surface area contributed by atoms with Gasteiger partial charge >= 0.3 is 5.97 Å². The number of halogens is 2. The Labute approximate surface area is 156 Å². The van der Waals surface area contributed by atoms with E-state index in [1.54, 1.807) is 36.9 Å². The van der Waals surface area contributed by atoms with Crippen molar-refractivity contribution in [2.24, 2.45) is 7.05 Å². The number of aryl methyl sites for hydroxylation is 2. The Hall–Kier alpha value is -2.05. The zero-order chi connectivity index (χ0) is 18.7. The number of carbonyl (C=O) groups excluding carboxylic acids is 2. The molecule has 0 radical (unpaired) electrons. The Kier molecular flexibility index (Phi) is 6.08. The molecule has 2 rings (SSSR count). The Morgan fingerprint density at radius 3 is 2.52 bits per heavy atom. The van der Waals surface area contributed by atoms with E-state index in [2.05, 4.69) is 10.4 Å². The number of benzene rings is 1. The summed E-state index contributed by atoms with van der Waals surface area (Å²) in [6.45, 7) is 5.16. The summed E-state index contributed by atoms with van der Waals surface area (Å²) in [5.74, 6) is -0.942. The zero-order valence-electron chi connectivity index (χ0n) is 14.4. The van der Waals surface area contributed by atoms with Crippen LogP contribution in [0.15, 0.2) is 18.2 Å². The van der Waals surface area contributed by atoms with Crippen LogP contribution < -0.4 is 5.32 Å². The second-order valence-corrected chi connectivity index (χ2v) is 6.53. The largest absolute Gasteiger partial charge is 0.452 e. The van der Waals surface area contributed by atoms with Gasteiger partial charge in [-0.2, -0.15) is 5.10 Å². The van der Waals surface area contributed by atoms with Gasteiger partial charge in [0.1, 0.15) is 0 Å². The zero-order valence-corrected chi connectivity index (χ0v) is 15.9. The van der Waals surface area contributed by atoms with Crippen molar-refractivity contribution in [3.63, 3.8) is 0 Å². The molecule has 1 N–H and O–H groups in total. The molecule has 0 aliphatic carbocycles. The average Bonchev–Trinajstić information content (AvgIpc) is 2.77. The highest BCUT2D eigenvalue weighted by Gasteiger charge is 2.21. The fraction of sp³-hybridized carbons (Fsp3) is 0.353. The number of carbonyl (C=O) groups is 2. The van der Waals surface area contributed by atoms with Crippen molar-refractivity contribution in [2.45, 2.75) is 33.3 Å². The van der Waals surface area contributed by atoms with E-state index in [9.17, 15) is 9.59 Å². The summed E-state index contributed by atoms with van der Waals surface area (Å²) in [5.41, 5.74) is 2.80. The monoisotopic (exact) mass is 383 g/mol. The normalized spacial score (nSPS) is 11.9. The number of esters is 1. The minimum atomic E-state index is -0.936. The maximum Gasteiger partial charge on any atom is 0.311 e. The van der Waals surface area contributed by atoms with E-state index in [0.717, 1.165) is 5.69 Å². The summed E-state index contributed by atoms with van der Waals surface area (Å²) in [4.78, 5) is 24.3. The molecular formula is C17H19Cl2N3O3. The molecule has 6 nitrogen and oxygen atoms in total. The standard InChI is InChI=1S/C17H19Cl2N3O3/c1-9-16(10(2)22(4)21-9)20-17(24)11(3)25-15(23)8-12-5-6-13(18)14(19)7-12/h5-7,11H,8H2,1-4H3,(H,20,24)/t11-/m0/s1. The van der Waals surface area contributed by atoms with Gasteiger partial charge in [0, 0.05) is 7.05 Å². The molecule has 1 heterocycles. The van der Waals surface area contributed by atoms with Crippen LogP contribution in [-0.2, 0) is 27.8 Å². The van der Waals surface area contributed by atoms with Crippen LogP contribution >= 0.6 is 23.2 Å². The van der Waals surface area contributed by atoms with E-state index in [1.165, 1.54) is 6.92 Å². The number of hydrogen-bond acceptors (Lipinski definition) is 4. The van der Waals surface area contributed by atoms with E-state index < -0.39 is 18.0 Å². The van der Waals surface area contributed by atoms with Gasteiger partial charge in [-0.25, -0.2) is 0 Å². The van der Waals surface area contributed by atoms with E-state index in [0.29, 0.717) is 27.0 Å². The second kappa shape index (κ2) is 7.89. The van der Waals surface area contributed by atoms with Crippen LogP contribution in [0, 0.1) is 13.8 Å². The Bertz CT molecular complexity index is 818. The molecule has 0 bridgehead atoms. The first-order chi connectivity index (χ1) is 11.7. The number of ether oxygens (including phenoxy) is 1. The number of rotatable bonds is 5. The van der Waals surface area contributed by atoms with Gasteiger partial charge < -0.3 is 10.1 Å². The number of amides is 1. The minimum absolute atomic E-state index is 0.000539. The third kappa shape index (κ3) is 4.74. The van der Waals surface area contributed by atoms with Crippen LogP contribution in [0.25, 0.3) is 0 Å². The molecule has 1 aromatic heterocycles. The van der Waals surface area contributed by atoms with Gasteiger partial charge in [-0.1, -0.05) is 29.3 Å². The minimum Gasteiger partial charge on any atom is -0.452 e. The summed E-state index contributed by atoms with van der Waals surface area (Å²) in [6, 6.07) is 4.89. The molecule has 134 valence electrons. The van der Waals surface area contributed by atoms with Gasteiger partial charge in [-0.05, 0) is 38.5 Å². The van der Waals surface area contributed by atoms with E-state index >= 15 is 0 Å². The molecule has 0 aliphatic rings. The highest BCUT2D eigenvalue weighted by atomic mass is 35.5. The molecule has 1 amide bonds. The molecule has 0 unspecified atom stereocenters. The van der Waals surface area contributed by atoms with Crippen molar-refractivity contribution in [3.8, 4) is 0 Å². The van der Waals surface area contributed by atoms with Crippen molar-refractivity contribution >= 4 is 40.8 Å². The highest BCUT2D eigenvalue weighted by molar-refractivity contribution is 6.42. The van der Waals surface area contributed by atoms with Crippen LogP contribution in [0.3, 0.4) is 0 Å². The lowest BCUT2D eigenvalue weighted by atomic mass is 10.1. The number of nitrogens with one attached hydrogen (secondary N) is 1. The SMILES string of the molecule is Cc1nn(C)c(C)c1NC(=O)[C@H](C)OC(=O)Cc1ccc(Cl)c(Cl)c1. The summed E-state index contributed by atoms with van der Waals surface area (Å²) >= 11 is 11.8. The fourth-order valence-corrected chi connectivity index (χ4v) is 2.61. The first-order valence-electron chi connectivity index (χ1n) is 7.63. The molecule has 1 atom stereocenters. The van der Waals surface area contributed by atoms with Gasteiger partial charge in [0.2, 0.25) is 0 Å². The molecule has 2 aromatic rings. The van der Waals surface area contributed by atoms with Gasteiger partial charge in [-0.15, -0.1) is 0 Å². The molecule has 1 aromatic carbocycles. The summed E-state index contributed by atoms with van der Waals surface area (Å²) in [5, 5.41) is 7.75. The lowest BCUT2D eigenvalue weighted by Gasteiger charge is -2.14. The average molecular weight is 384 g/mol. The quantitative estimate of drug-likeness (QED) is 0.802. The summed E-state index contributed by atoms with van der Waals surface area (Å²) in [6.07, 6.45) is -0.936. The molecule has 0 saturated carbocycles. The number of nitrogens with zero attached hydrogens (tertiary/aromatic N) is 2. The lowest BCUT2D eigenvalue weighted by Crippen LogP contribution is -2.30. The molecule has 0 aliphatic heterocycles. The lowest BCUT2D eigenvalue weighted by molar-refractivity contribution is -0.152. The van der Waals surface area contributed by atoms with Crippen LogP contribution in [-0.4, -0.2) is 27.8 Å². The molecule has 0 saturated heterocycles. The predicted molar refractivity (Wildman–Crippen MR) is 97.0 cm³/mol. The Balaban J connectivity index is 1.95. The molecule has 8 heteroatoms. The second-order valence-electron chi connectivity index (χ2n) is 5.72. The number of hydrogen-bond donors (Lipinski definition) is 1. The molecular weight excluding hydrogens is 365 g/mol. The van der Waals surface area contributed by atoms with Crippen LogP contribution in [0.1, 0.15) is 23.9 Å². The highest BCUT2D eigenvalue weighted by Crippen LogP contribution is 2.23. The first-order valence-corrected chi connectivity index (χ1v) is 8.39.